The predicted molar refractivity (Wildman–Crippen MR) is 52.3 cm³/mol. The highest BCUT2D eigenvalue weighted by molar-refractivity contribution is 6.31. The molecule has 1 atom stereocenters. The van der Waals surface area contributed by atoms with Gasteiger partial charge in [-0.2, -0.15) is 0 Å². The summed E-state index contributed by atoms with van der Waals surface area (Å²) in [6.07, 6.45) is 0. The van der Waals surface area contributed by atoms with E-state index in [1.165, 1.54) is 0 Å². The zero-order chi connectivity index (χ0) is 9.84. The first kappa shape index (κ1) is 10.7. The molecule has 1 unspecified atom stereocenters. The second kappa shape index (κ2) is 4.74. The fourth-order valence-electron chi connectivity index (χ4n) is 1.05. The highest BCUT2D eigenvalue weighted by Crippen LogP contribution is 2.23. The van der Waals surface area contributed by atoms with Crippen molar-refractivity contribution < 1.29 is 4.74 Å². The molecule has 0 amide bonds. The van der Waals surface area contributed by atoms with Gasteiger partial charge in [-0.1, -0.05) is 30.1 Å². The monoisotopic (exact) mass is 220 g/mol. The molecule has 0 N–H and O–H groups in total. The van der Waals surface area contributed by atoms with Gasteiger partial charge < -0.3 is 4.74 Å². The van der Waals surface area contributed by atoms with Gasteiger partial charge in [0.2, 0.25) is 0 Å². The number of nitrogens with zero attached hydrogens (tertiary/aromatic N) is 2. The van der Waals surface area contributed by atoms with E-state index in [0.29, 0.717) is 16.9 Å². The van der Waals surface area contributed by atoms with Gasteiger partial charge in [0.1, 0.15) is 0 Å². The van der Waals surface area contributed by atoms with E-state index in [2.05, 4.69) is 10.2 Å². The molecule has 1 heterocycles. The van der Waals surface area contributed by atoms with Crippen LogP contribution < -0.4 is 0 Å². The molecule has 1 aromatic heterocycles. The van der Waals surface area contributed by atoms with Crippen LogP contribution in [0.5, 0.6) is 0 Å². The van der Waals surface area contributed by atoms with Crippen LogP contribution in [0.3, 0.4) is 0 Å². The normalized spacial score (nSPS) is 12.9. The standard InChI is InChI=1S/C8H10Cl2N2O/c1-5(4-13-2)6-3-7(9)11-12-8(6)10/h3,5H,4H2,1-2H3. The average Bonchev–Trinajstić information content (AvgIpc) is 2.09. The van der Waals surface area contributed by atoms with E-state index in [4.69, 9.17) is 27.9 Å². The predicted octanol–water partition coefficient (Wildman–Crippen LogP) is 2.53. The van der Waals surface area contributed by atoms with Crippen molar-refractivity contribution in [3.8, 4) is 0 Å². The van der Waals surface area contributed by atoms with E-state index in [0.717, 1.165) is 5.56 Å². The lowest BCUT2D eigenvalue weighted by Crippen LogP contribution is -2.04. The van der Waals surface area contributed by atoms with Crippen molar-refractivity contribution in [2.45, 2.75) is 12.8 Å². The Balaban J connectivity index is 2.91. The summed E-state index contributed by atoms with van der Waals surface area (Å²) in [5.74, 6) is 0.172. The number of hydrogen-bond donors (Lipinski definition) is 0. The highest BCUT2D eigenvalue weighted by atomic mass is 35.5. The Morgan fingerprint density at radius 2 is 2.15 bits per heavy atom. The van der Waals surface area contributed by atoms with Crippen molar-refractivity contribution in [1.29, 1.82) is 0 Å². The van der Waals surface area contributed by atoms with Gasteiger partial charge in [-0.25, -0.2) is 0 Å². The van der Waals surface area contributed by atoms with Crippen LogP contribution >= 0.6 is 23.2 Å². The van der Waals surface area contributed by atoms with Gasteiger partial charge >= 0.3 is 0 Å². The fourth-order valence-corrected chi connectivity index (χ4v) is 1.49. The third-order valence-electron chi connectivity index (χ3n) is 1.69. The molecule has 0 spiro atoms. The summed E-state index contributed by atoms with van der Waals surface area (Å²) in [6, 6.07) is 1.71. The summed E-state index contributed by atoms with van der Waals surface area (Å²) in [5, 5.41) is 8.07. The SMILES string of the molecule is COCC(C)c1cc(Cl)nnc1Cl. The summed E-state index contributed by atoms with van der Waals surface area (Å²) in [6.45, 7) is 2.57. The Labute approximate surface area is 87.0 Å². The van der Waals surface area contributed by atoms with Crippen molar-refractivity contribution in [3.05, 3.63) is 21.9 Å². The number of methoxy groups -OCH3 is 1. The summed E-state index contributed by atoms with van der Waals surface area (Å²) in [7, 11) is 1.64. The van der Waals surface area contributed by atoms with Crippen LogP contribution in [-0.2, 0) is 4.74 Å². The molecule has 72 valence electrons. The van der Waals surface area contributed by atoms with Crippen LogP contribution in [0.25, 0.3) is 0 Å². The zero-order valence-electron chi connectivity index (χ0n) is 7.42. The number of aromatic nitrogens is 2. The fraction of sp³-hybridized carbons (Fsp3) is 0.500. The highest BCUT2D eigenvalue weighted by Gasteiger charge is 2.11. The molecule has 3 nitrogen and oxygen atoms in total. The first-order valence-electron chi connectivity index (χ1n) is 3.82. The smallest absolute Gasteiger partial charge is 0.155 e. The van der Waals surface area contributed by atoms with Crippen LogP contribution in [0.15, 0.2) is 6.07 Å². The molecule has 0 aliphatic rings. The lowest BCUT2D eigenvalue weighted by atomic mass is 10.1. The van der Waals surface area contributed by atoms with Gasteiger partial charge in [0.25, 0.3) is 0 Å². The second-order valence-corrected chi connectivity index (χ2v) is 3.51. The van der Waals surface area contributed by atoms with Crippen LogP contribution in [0, 0.1) is 0 Å². The van der Waals surface area contributed by atoms with E-state index >= 15 is 0 Å². The lowest BCUT2D eigenvalue weighted by molar-refractivity contribution is 0.184. The molecule has 0 fully saturated rings. The van der Waals surface area contributed by atoms with Gasteiger partial charge in [-0.3, -0.25) is 0 Å². The van der Waals surface area contributed by atoms with E-state index in [1.807, 2.05) is 6.92 Å². The van der Waals surface area contributed by atoms with Crippen LogP contribution in [0.4, 0.5) is 0 Å². The molecule has 0 aliphatic heterocycles. The molecule has 0 radical (unpaired) electrons. The molecular weight excluding hydrogens is 211 g/mol. The van der Waals surface area contributed by atoms with Crippen molar-refractivity contribution >= 4 is 23.2 Å². The van der Waals surface area contributed by atoms with Crippen molar-refractivity contribution in [1.82, 2.24) is 10.2 Å². The third kappa shape index (κ3) is 2.79. The molecule has 0 bridgehead atoms. The molecule has 0 aromatic carbocycles. The minimum absolute atomic E-state index is 0.172. The number of rotatable bonds is 3. The first-order chi connectivity index (χ1) is 6.15. The molecule has 1 rings (SSSR count). The average molecular weight is 221 g/mol. The van der Waals surface area contributed by atoms with Crippen molar-refractivity contribution in [3.63, 3.8) is 0 Å². The Morgan fingerprint density at radius 3 is 2.77 bits per heavy atom. The molecule has 0 aliphatic carbocycles. The number of ether oxygens (including phenoxy) is 1. The van der Waals surface area contributed by atoms with E-state index in [9.17, 15) is 0 Å². The Kier molecular flexibility index (Phi) is 3.90. The van der Waals surface area contributed by atoms with E-state index < -0.39 is 0 Å². The minimum atomic E-state index is 0.172. The summed E-state index contributed by atoms with van der Waals surface area (Å²) in [5.41, 5.74) is 0.864. The minimum Gasteiger partial charge on any atom is -0.384 e. The quantitative estimate of drug-likeness (QED) is 0.786. The zero-order valence-corrected chi connectivity index (χ0v) is 8.93. The van der Waals surface area contributed by atoms with Crippen molar-refractivity contribution in [2.75, 3.05) is 13.7 Å². The van der Waals surface area contributed by atoms with Gasteiger partial charge in [-0.05, 0) is 11.6 Å². The van der Waals surface area contributed by atoms with Gasteiger partial charge in [0.15, 0.2) is 10.3 Å². The van der Waals surface area contributed by atoms with Gasteiger partial charge in [0, 0.05) is 13.0 Å². The lowest BCUT2D eigenvalue weighted by Gasteiger charge is -2.10. The summed E-state index contributed by atoms with van der Waals surface area (Å²) < 4.78 is 5.00. The molecule has 0 saturated carbocycles. The first-order valence-corrected chi connectivity index (χ1v) is 4.58. The molecule has 0 saturated heterocycles. The number of halogens is 2. The van der Waals surface area contributed by atoms with E-state index in [1.54, 1.807) is 13.2 Å². The summed E-state index contributed by atoms with van der Waals surface area (Å²) in [4.78, 5) is 0. The molecular formula is C8H10Cl2N2O. The Hall–Kier alpha value is -0.380. The maximum atomic E-state index is 5.84. The van der Waals surface area contributed by atoms with Crippen molar-refractivity contribution in [2.24, 2.45) is 0 Å². The topological polar surface area (TPSA) is 35.0 Å². The van der Waals surface area contributed by atoms with E-state index in [-0.39, 0.29) is 5.92 Å². The van der Waals surface area contributed by atoms with Crippen LogP contribution in [0.2, 0.25) is 10.3 Å². The molecule has 13 heavy (non-hydrogen) atoms. The van der Waals surface area contributed by atoms with Crippen LogP contribution in [-0.4, -0.2) is 23.9 Å². The maximum absolute atomic E-state index is 5.84. The van der Waals surface area contributed by atoms with Gasteiger partial charge in [0.05, 0.1) is 6.61 Å². The maximum Gasteiger partial charge on any atom is 0.155 e. The number of hydrogen-bond acceptors (Lipinski definition) is 3. The Morgan fingerprint density at radius 1 is 1.46 bits per heavy atom. The van der Waals surface area contributed by atoms with Gasteiger partial charge in [-0.15, -0.1) is 10.2 Å². The largest absolute Gasteiger partial charge is 0.384 e. The van der Waals surface area contributed by atoms with Crippen LogP contribution in [0.1, 0.15) is 18.4 Å². The second-order valence-electron chi connectivity index (χ2n) is 2.77. The molecule has 5 heteroatoms. The Bertz CT molecular complexity index is 293. The summed E-state index contributed by atoms with van der Waals surface area (Å²) >= 11 is 11.5. The third-order valence-corrected chi connectivity index (χ3v) is 2.17. The molecule has 1 aromatic rings.